The largest absolute Gasteiger partial charge is 0.492 e. The fourth-order valence-electron chi connectivity index (χ4n) is 1.99. The molecule has 0 unspecified atom stereocenters. The van der Waals surface area contributed by atoms with Crippen LogP contribution < -0.4 is 9.47 Å². The summed E-state index contributed by atoms with van der Waals surface area (Å²) in [4.78, 5) is 11.0. The standard InChI is InChI=1S/C13H15ClO4/c1-17-11-8(7-15)5-10(14)9(12(11)18-2)6-13(16)3-4-13/h5,7,16H,3-4,6H2,1-2H3. The zero-order chi connectivity index (χ0) is 13.3. The fourth-order valence-corrected chi connectivity index (χ4v) is 2.26. The second-order valence-electron chi connectivity index (χ2n) is 4.51. The van der Waals surface area contributed by atoms with Crippen molar-refractivity contribution in [3.63, 3.8) is 0 Å². The molecular weight excluding hydrogens is 256 g/mol. The number of hydrogen-bond acceptors (Lipinski definition) is 4. The van der Waals surface area contributed by atoms with Crippen molar-refractivity contribution in [2.75, 3.05) is 14.2 Å². The number of benzene rings is 1. The molecule has 0 bridgehead atoms. The van der Waals surface area contributed by atoms with Gasteiger partial charge < -0.3 is 14.6 Å². The van der Waals surface area contributed by atoms with E-state index in [1.807, 2.05) is 0 Å². The van der Waals surface area contributed by atoms with Crippen molar-refractivity contribution in [1.29, 1.82) is 0 Å². The molecule has 98 valence electrons. The van der Waals surface area contributed by atoms with Crippen molar-refractivity contribution in [3.05, 3.63) is 22.2 Å². The summed E-state index contributed by atoms with van der Waals surface area (Å²) in [5.41, 5.74) is 0.331. The number of aldehydes is 1. The summed E-state index contributed by atoms with van der Waals surface area (Å²) in [6.07, 6.45) is 2.59. The van der Waals surface area contributed by atoms with E-state index in [2.05, 4.69) is 0 Å². The highest BCUT2D eigenvalue weighted by molar-refractivity contribution is 6.32. The van der Waals surface area contributed by atoms with Crippen molar-refractivity contribution >= 4 is 17.9 Å². The summed E-state index contributed by atoms with van der Waals surface area (Å²) in [5.74, 6) is 0.781. The summed E-state index contributed by atoms with van der Waals surface area (Å²) in [5, 5.41) is 10.4. The van der Waals surface area contributed by atoms with Crippen LogP contribution in [-0.4, -0.2) is 31.2 Å². The molecule has 0 saturated heterocycles. The lowest BCUT2D eigenvalue weighted by molar-refractivity contribution is 0.112. The first-order valence-corrected chi connectivity index (χ1v) is 6.03. The SMILES string of the molecule is COc1c(C=O)cc(Cl)c(CC2(O)CC2)c1OC. The number of carbonyl (C=O) groups excluding carboxylic acids is 1. The van der Waals surface area contributed by atoms with E-state index in [1.54, 1.807) is 0 Å². The van der Waals surface area contributed by atoms with Gasteiger partial charge in [-0.15, -0.1) is 0 Å². The van der Waals surface area contributed by atoms with E-state index in [-0.39, 0.29) is 0 Å². The Labute approximate surface area is 110 Å². The van der Waals surface area contributed by atoms with Crippen molar-refractivity contribution in [2.45, 2.75) is 24.9 Å². The van der Waals surface area contributed by atoms with E-state index >= 15 is 0 Å². The van der Waals surface area contributed by atoms with Crippen LogP contribution in [0.25, 0.3) is 0 Å². The van der Waals surface area contributed by atoms with E-state index < -0.39 is 5.60 Å². The lowest BCUT2D eigenvalue weighted by Gasteiger charge is -2.18. The van der Waals surface area contributed by atoms with E-state index in [9.17, 15) is 9.90 Å². The van der Waals surface area contributed by atoms with Crippen LogP contribution in [-0.2, 0) is 6.42 Å². The number of carbonyl (C=O) groups is 1. The molecular formula is C13H15ClO4. The number of ether oxygens (including phenoxy) is 2. The number of halogens is 1. The molecule has 2 rings (SSSR count). The monoisotopic (exact) mass is 270 g/mol. The third kappa shape index (κ3) is 2.31. The summed E-state index contributed by atoms with van der Waals surface area (Å²) in [6.45, 7) is 0. The maximum Gasteiger partial charge on any atom is 0.171 e. The maximum absolute atomic E-state index is 11.0. The molecule has 18 heavy (non-hydrogen) atoms. The highest BCUT2D eigenvalue weighted by atomic mass is 35.5. The van der Waals surface area contributed by atoms with E-state index in [0.29, 0.717) is 40.4 Å². The van der Waals surface area contributed by atoms with Gasteiger partial charge in [-0.25, -0.2) is 0 Å². The van der Waals surface area contributed by atoms with Gasteiger partial charge in [-0.3, -0.25) is 4.79 Å². The molecule has 0 spiro atoms. The molecule has 1 aromatic carbocycles. The van der Waals surface area contributed by atoms with Crippen molar-refractivity contribution in [3.8, 4) is 11.5 Å². The smallest absolute Gasteiger partial charge is 0.171 e. The molecule has 4 nitrogen and oxygen atoms in total. The molecule has 0 radical (unpaired) electrons. The van der Waals surface area contributed by atoms with Crippen LogP contribution in [0.5, 0.6) is 11.5 Å². The maximum atomic E-state index is 11.0. The Morgan fingerprint density at radius 3 is 2.44 bits per heavy atom. The van der Waals surface area contributed by atoms with Crippen LogP contribution in [0.1, 0.15) is 28.8 Å². The van der Waals surface area contributed by atoms with Gasteiger partial charge in [0, 0.05) is 17.0 Å². The van der Waals surface area contributed by atoms with Crippen LogP contribution in [0, 0.1) is 0 Å². The molecule has 5 heteroatoms. The van der Waals surface area contributed by atoms with Crippen molar-refractivity contribution in [1.82, 2.24) is 0 Å². The Morgan fingerprint density at radius 1 is 1.39 bits per heavy atom. The molecule has 1 fully saturated rings. The number of aliphatic hydroxyl groups is 1. The lowest BCUT2D eigenvalue weighted by atomic mass is 10.0. The molecule has 1 aromatic rings. The Morgan fingerprint density at radius 2 is 2.00 bits per heavy atom. The zero-order valence-corrected chi connectivity index (χ0v) is 11.1. The van der Waals surface area contributed by atoms with Crippen LogP contribution in [0.2, 0.25) is 5.02 Å². The average Bonchev–Trinajstić information content (AvgIpc) is 3.08. The minimum atomic E-state index is -0.690. The topological polar surface area (TPSA) is 55.8 Å². The second-order valence-corrected chi connectivity index (χ2v) is 4.92. The molecule has 0 atom stereocenters. The van der Waals surface area contributed by atoms with Gasteiger partial charge in [0.1, 0.15) is 0 Å². The molecule has 0 amide bonds. The van der Waals surface area contributed by atoms with Gasteiger partial charge in [-0.1, -0.05) is 11.6 Å². The van der Waals surface area contributed by atoms with Gasteiger partial charge in [-0.05, 0) is 18.9 Å². The predicted octanol–water partition coefficient (Wildman–Crippen LogP) is 2.24. The number of rotatable bonds is 5. The summed E-state index contributed by atoms with van der Waals surface area (Å²) in [6, 6.07) is 1.54. The van der Waals surface area contributed by atoms with Gasteiger partial charge in [-0.2, -0.15) is 0 Å². The average molecular weight is 271 g/mol. The minimum absolute atomic E-state index is 0.339. The first-order valence-electron chi connectivity index (χ1n) is 5.65. The van der Waals surface area contributed by atoms with Gasteiger partial charge >= 0.3 is 0 Å². The summed E-state index contributed by atoms with van der Waals surface area (Å²) < 4.78 is 10.5. The van der Waals surface area contributed by atoms with Crippen LogP contribution >= 0.6 is 11.6 Å². The third-order valence-electron chi connectivity index (χ3n) is 3.18. The molecule has 1 aliphatic rings. The second kappa shape index (κ2) is 4.78. The third-order valence-corrected chi connectivity index (χ3v) is 3.52. The van der Waals surface area contributed by atoms with Crippen LogP contribution in [0.3, 0.4) is 0 Å². The Kier molecular flexibility index (Phi) is 3.50. The van der Waals surface area contributed by atoms with E-state index in [1.165, 1.54) is 20.3 Å². The molecule has 1 saturated carbocycles. The van der Waals surface area contributed by atoms with Gasteiger partial charge in [0.2, 0.25) is 0 Å². The number of hydrogen-bond donors (Lipinski definition) is 1. The summed E-state index contributed by atoms with van der Waals surface area (Å²) >= 11 is 6.15. The first-order chi connectivity index (χ1) is 8.54. The zero-order valence-electron chi connectivity index (χ0n) is 10.3. The van der Waals surface area contributed by atoms with Crippen LogP contribution in [0.4, 0.5) is 0 Å². The normalized spacial score (nSPS) is 16.2. The van der Waals surface area contributed by atoms with Crippen molar-refractivity contribution in [2.24, 2.45) is 0 Å². The molecule has 1 aliphatic carbocycles. The Hall–Kier alpha value is -1.26. The molecule has 0 aromatic heterocycles. The lowest BCUT2D eigenvalue weighted by Crippen LogP contribution is -2.13. The van der Waals surface area contributed by atoms with Crippen LogP contribution in [0.15, 0.2) is 6.07 Å². The van der Waals surface area contributed by atoms with Gasteiger partial charge in [0.15, 0.2) is 17.8 Å². The Bertz CT molecular complexity index is 480. The molecule has 1 N–H and O–H groups in total. The number of methoxy groups -OCH3 is 2. The quantitative estimate of drug-likeness (QED) is 0.834. The predicted molar refractivity (Wildman–Crippen MR) is 67.8 cm³/mol. The van der Waals surface area contributed by atoms with Gasteiger partial charge in [0.25, 0.3) is 0 Å². The van der Waals surface area contributed by atoms with Gasteiger partial charge in [0.05, 0.1) is 25.4 Å². The fraction of sp³-hybridized carbons (Fsp3) is 0.462. The minimum Gasteiger partial charge on any atom is -0.492 e. The molecule has 0 heterocycles. The van der Waals surface area contributed by atoms with E-state index in [0.717, 1.165) is 12.8 Å². The molecule has 0 aliphatic heterocycles. The summed E-state index contributed by atoms with van der Waals surface area (Å²) in [7, 11) is 2.96. The van der Waals surface area contributed by atoms with E-state index in [4.69, 9.17) is 21.1 Å². The highest BCUT2D eigenvalue weighted by Crippen LogP contribution is 2.45. The highest BCUT2D eigenvalue weighted by Gasteiger charge is 2.42. The first kappa shape index (κ1) is 13.2. The van der Waals surface area contributed by atoms with Crippen molar-refractivity contribution < 1.29 is 19.4 Å². The Balaban J connectivity index is 2.52.